The first-order valence-electron chi connectivity index (χ1n) is 7.73. The number of rotatable bonds is 3. The van der Waals surface area contributed by atoms with Gasteiger partial charge in [-0.05, 0) is 50.8 Å². The molecule has 0 spiro atoms. The molecule has 0 saturated carbocycles. The molecule has 1 aromatic rings. The van der Waals surface area contributed by atoms with E-state index in [1.807, 2.05) is 6.07 Å². The third kappa shape index (κ3) is 4.60. The molecule has 4 heteroatoms. The summed E-state index contributed by atoms with van der Waals surface area (Å²) in [5.41, 5.74) is 2.29. The van der Waals surface area contributed by atoms with Crippen LogP contribution in [-0.4, -0.2) is 29.8 Å². The van der Waals surface area contributed by atoms with Crippen molar-refractivity contribution < 1.29 is 5.11 Å². The molecule has 0 radical (unpaired) electrons. The van der Waals surface area contributed by atoms with Gasteiger partial charge < -0.3 is 15.3 Å². The predicted octanol–water partition coefficient (Wildman–Crippen LogP) is 3.44. The Bertz CT molecular complexity index is 484. The van der Waals surface area contributed by atoms with Crippen molar-refractivity contribution in [3.05, 3.63) is 28.8 Å². The largest absolute Gasteiger partial charge is 0.391 e. The number of aliphatic hydroxyl groups is 1. The highest BCUT2D eigenvalue weighted by molar-refractivity contribution is 6.31. The van der Waals surface area contributed by atoms with Crippen LogP contribution in [-0.2, 0) is 6.54 Å². The molecule has 21 heavy (non-hydrogen) atoms. The molecule has 2 rings (SSSR count). The average molecular weight is 311 g/mol. The molecule has 3 nitrogen and oxygen atoms in total. The second-order valence-corrected chi connectivity index (χ2v) is 7.57. The summed E-state index contributed by atoms with van der Waals surface area (Å²) in [4.78, 5) is 2.22. The highest BCUT2D eigenvalue weighted by atomic mass is 35.5. The van der Waals surface area contributed by atoms with Gasteiger partial charge in [0.15, 0.2) is 0 Å². The molecule has 1 heterocycles. The minimum absolute atomic E-state index is 0.0785. The van der Waals surface area contributed by atoms with Crippen LogP contribution >= 0.6 is 11.6 Å². The molecule has 0 bridgehead atoms. The first-order valence-corrected chi connectivity index (χ1v) is 8.10. The summed E-state index contributed by atoms with van der Waals surface area (Å²) in [6, 6.07) is 6.21. The van der Waals surface area contributed by atoms with E-state index in [-0.39, 0.29) is 11.6 Å². The van der Waals surface area contributed by atoms with Crippen molar-refractivity contribution in [3.8, 4) is 0 Å². The summed E-state index contributed by atoms with van der Waals surface area (Å²) in [5, 5.41) is 14.3. The first-order chi connectivity index (χ1) is 9.76. The molecule has 0 aromatic heterocycles. The summed E-state index contributed by atoms with van der Waals surface area (Å²) >= 11 is 6.41. The normalized spacial score (nSPS) is 23.4. The summed E-state index contributed by atoms with van der Waals surface area (Å²) < 4.78 is 0. The molecule has 0 amide bonds. The lowest BCUT2D eigenvalue weighted by Gasteiger charge is -2.36. The van der Waals surface area contributed by atoms with Crippen molar-refractivity contribution in [2.75, 3.05) is 18.0 Å². The molecular weight excluding hydrogens is 284 g/mol. The number of hydrogen-bond donors (Lipinski definition) is 2. The molecule has 1 saturated heterocycles. The van der Waals surface area contributed by atoms with Gasteiger partial charge in [-0.1, -0.05) is 24.6 Å². The van der Waals surface area contributed by atoms with E-state index in [0.717, 1.165) is 35.8 Å². The van der Waals surface area contributed by atoms with Gasteiger partial charge in [0.2, 0.25) is 0 Å². The highest BCUT2D eigenvalue weighted by Gasteiger charge is 2.24. The van der Waals surface area contributed by atoms with Crippen LogP contribution in [0.5, 0.6) is 0 Å². The third-order valence-electron chi connectivity index (χ3n) is 4.13. The maximum atomic E-state index is 10.0. The molecule has 1 aliphatic rings. The average Bonchev–Trinajstić information content (AvgIpc) is 2.39. The van der Waals surface area contributed by atoms with Gasteiger partial charge in [0.05, 0.1) is 6.10 Å². The smallest absolute Gasteiger partial charge is 0.0741 e. The maximum absolute atomic E-state index is 10.0. The van der Waals surface area contributed by atoms with Crippen LogP contribution in [0.3, 0.4) is 0 Å². The van der Waals surface area contributed by atoms with Gasteiger partial charge in [-0.25, -0.2) is 0 Å². The van der Waals surface area contributed by atoms with Crippen molar-refractivity contribution in [2.24, 2.45) is 5.92 Å². The lowest BCUT2D eigenvalue weighted by Crippen LogP contribution is -2.42. The van der Waals surface area contributed by atoms with Crippen molar-refractivity contribution in [1.82, 2.24) is 5.32 Å². The van der Waals surface area contributed by atoms with E-state index in [0.29, 0.717) is 12.5 Å². The topological polar surface area (TPSA) is 35.5 Å². The van der Waals surface area contributed by atoms with Crippen molar-refractivity contribution in [1.29, 1.82) is 0 Å². The Morgan fingerprint density at radius 1 is 1.38 bits per heavy atom. The maximum Gasteiger partial charge on any atom is 0.0741 e. The summed E-state index contributed by atoms with van der Waals surface area (Å²) in [6.07, 6.45) is 0.770. The third-order valence-corrected chi connectivity index (χ3v) is 4.48. The lowest BCUT2D eigenvalue weighted by atomic mass is 9.95. The summed E-state index contributed by atoms with van der Waals surface area (Å²) in [7, 11) is 0. The minimum Gasteiger partial charge on any atom is -0.391 e. The fraction of sp³-hybridized carbons (Fsp3) is 0.647. The van der Waals surface area contributed by atoms with Crippen LogP contribution in [0.15, 0.2) is 18.2 Å². The predicted molar refractivity (Wildman–Crippen MR) is 90.0 cm³/mol. The minimum atomic E-state index is -0.250. The fourth-order valence-electron chi connectivity index (χ4n) is 2.52. The van der Waals surface area contributed by atoms with Crippen LogP contribution in [0.2, 0.25) is 5.02 Å². The fourth-order valence-corrected chi connectivity index (χ4v) is 2.76. The molecule has 1 aliphatic heterocycles. The Kier molecular flexibility index (Phi) is 5.18. The van der Waals surface area contributed by atoms with Crippen LogP contribution in [0.25, 0.3) is 0 Å². The molecule has 2 unspecified atom stereocenters. The van der Waals surface area contributed by atoms with E-state index in [4.69, 9.17) is 11.6 Å². The zero-order valence-electron chi connectivity index (χ0n) is 13.5. The zero-order valence-corrected chi connectivity index (χ0v) is 14.2. The van der Waals surface area contributed by atoms with Gasteiger partial charge in [-0.15, -0.1) is 0 Å². The van der Waals surface area contributed by atoms with Gasteiger partial charge in [0.1, 0.15) is 0 Å². The zero-order chi connectivity index (χ0) is 15.6. The quantitative estimate of drug-likeness (QED) is 0.898. The first kappa shape index (κ1) is 16.6. The molecule has 118 valence electrons. The van der Waals surface area contributed by atoms with E-state index >= 15 is 0 Å². The monoisotopic (exact) mass is 310 g/mol. The van der Waals surface area contributed by atoms with Gasteiger partial charge in [-0.2, -0.15) is 0 Å². The number of nitrogens with one attached hydrogen (secondary N) is 1. The van der Waals surface area contributed by atoms with Crippen LogP contribution in [0.1, 0.15) is 39.7 Å². The SMILES string of the molecule is CC1CCN(c2ccc(CNC(C)(C)C)c(Cl)c2)CC1O. The van der Waals surface area contributed by atoms with Crippen LogP contribution < -0.4 is 10.2 Å². The Hall–Kier alpha value is -0.770. The number of aliphatic hydroxyl groups excluding tert-OH is 1. The molecule has 0 aliphatic carbocycles. The van der Waals surface area contributed by atoms with E-state index in [2.05, 4.69) is 50.0 Å². The Morgan fingerprint density at radius 2 is 2.10 bits per heavy atom. The molecule has 1 fully saturated rings. The van der Waals surface area contributed by atoms with Crippen molar-refractivity contribution in [3.63, 3.8) is 0 Å². The van der Waals surface area contributed by atoms with E-state index < -0.39 is 0 Å². The van der Waals surface area contributed by atoms with E-state index in [9.17, 15) is 5.11 Å². The summed E-state index contributed by atoms with van der Waals surface area (Å²) in [6.45, 7) is 11.0. The number of halogens is 1. The second-order valence-electron chi connectivity index (χ2n) is 7.16. The van der Waals surface area contributed by atoms with Crippen molar-refractivity contribution >= 4 is 17.3 Å². The van der Waals surface area contributed by atoms with Gasteiger partial charge >= 0.3 is 0 Å². The standard InChI is InChI=1S/C17H27ClN2O/c1-12-7-8-20(11-16(12)21)14-6-5-13(15(18)9-14)10-19-17(2,3)4/h5-6,9,12,16,19,21H,7-8,10-11H2,1-4H3. The van der Waals surface area contributed by atoms with Crippen LogP contribution in [0, 0.1) is 5.92 Å². The Morgan fingerprint density at radius 3 is 2.67 bits per heavy atom. The Balaban J connectivity index is 2.05. The highest BCUT2D eigenvalue weighted by Crippen LogP contribution is 2.28. The number of nitrogens with zero attached hydrogens (tertiary/aromatic N) is 1. The van der Waals surface area contributed by atoms with Gasteiger partial charge in [-0.3, -0.25) is 0 Å². The number of hydrogen-bond acceptors (Lipinski definition) is 3. The summed E-state index contributed by atoms with van der Waals surface area (Å²) in [5.74, 6) is 0.381. The van der Waals surface area contributed by atoms with Crippen LogP contribution in [0.4, 0.5) is 5.69 Å². The molecular formula is C17H27ClN2O. The van der Waals surface area contributed by atoms with E-state index in [1.165, 1.54) is 0 Å². The second kappa shape index (κ2) is 6.55. The van der Waals surface area contributed by atoms with Crippen molar-refractivity contribution in [2.45, 2.75) is 52.3 Å². The lowest BCUT2D eigenvalue weighted by molar-refractivity contribution is 0.103. The molecule has 2 N–H and O–H groups in total. The number of benzene rings is 1. The Labute approximate surface area is 133 Å². The van der Waals surface area contributed by atoms with Gasteiger partial charge in [0.25, 0.3) is 0 Å². The van der Waals surface area contributed by atoms with E-state index in [1.54, 1.807) is 0 Å². The number of anilines is 1. The molecule has 1 aromatic carbocycles. The van der Waals surface area contributed by atoms with Gasteiger partial charge in [0, 0.05) is 35.9 Å². The number of β-amino-alcohol motifs (C(OH)–C–C–N with tert-alkyl or cyclic N) is 1. The molecule has 2 atom stereocenters. The number of piperidine rings is 1.